The van der Waals surface area contributed by atoms with E-state index in [0.29, 0.717) is 11.4 Å². The number of benzene rings is 2. The maximum atomic E-state index is 13.1. The van der Waals surface area contributed by atoms with E-state index in [1.807, 2.05) is 35.0 Å². The van der Waals surface area contributed by atoms with Crippen LogP contribution in [0.3, 0.4) is 0 Å². The monoisotopic (exact) mass is 454 g/mol. The minimum atomic E-state index is -4.45. The molecule has 0 aliphatic carbocycles. The summed E-state index contributed by atoms with van der Waals surface area (Å²) in [7, 11) is 0. The molecule has 4 aromatic rings. The molecular weight excluding hydrogens is 429 g/mol. The summed E-state index contributed by atoms with van der Waals surface area (Å²) < 4.78 is 46.8. The maximum absolute atomic E-state index is 13.1. The number of aromatic nitrogens is 4. The molecule has 0 saturated heterocycles. The van der Waals surface area contributed by atoms with E-state index in [1.165, 1.54) is 12.1 Å². The highest BCUT2D eigenvalue weighted by Gasteiger charge is 2.31. The molecule has 2 aromatic carbocycles. The second-order valence-corrected chi connectivity index (χ2v) is 7.95. The quantitative estimate of drug-likeness (QED) is 0.278. The fourth-order valence-corrected chi connectivity index (χ4v) is 4.02. The lowest BCUT2D eigenvalue weighted by atomic mass is 10.0. The zero-order chi connectivity index (χ0) is 23.4. The first-order valence-corrected chi connectivity index (χ1v) is 11.1. The number of halogens is 3. The molecule has 5 nitrogen and oxygen atoms in total. The minimum Gasteiger partial charge on any atom is -0.334 e. The molecule has 0 N–H and O–H groups in total. The van der Waals surface area contributed by atoms with Crippen LogP contribution in [0.5, 0.6) is 0 Å². The Hall–Kier alpha value is -3.42. The van der Waals surface area contributed by atoms with Gasteiger partial charge in [-0.3, -0.25) is 4.68 Å². The molecule has 2 aromatic heterocycles. The summed E-state index contributed by atoms with van der Waals surface area (Å²) in [6, 6.07) is 14.9. The van der Waals surface area contributed by atoms with Crippen LogP contribution in [0.4, 0.5) is 13.2 Å². The van der Waals surface area contributed by atoms with Crippen molar-refractivity contribution in [3.63, 3.8) is 0 Å². The van der Waals surface area contributed by atoms with E-state index in [-0.39, 0.29) is 17.5 Å². The van der Waals surface area contributed by atoms with E-state index < -0.39 is 11.7 Å². The zero-order valence-electron chi connectivity index (χ0n) is 18.5. The Balaban J connectivity index is 1.79. The van der Waals surface area contributed by atoms with Crippen LogP contribution in [-0.2, 0) is 6.18 Å². The molecule has 172 valence electrons. The van der Waals surface area contributed by atoms with Crippen LogP contribution in [0.1, 0.15) is 51.1 Å². The van der Waals surface area contributed by atoms with Gasteiger partial charge in [0.15, 0.2) is 0 Å². The molecule has 0 unspecified atom stereocenters. The summed E-state index contributed by atoms with van der Waals surface area (Å²) in [6.45, 7) is 4.30. The molecule has 0 aliphatic heterocycles. The highest BCUT2D eigenvalue weighted by atomic mass is 19.4. The Morgan fingerprint density at radius 3 is 2.30 bits per heavy atom. The SMILES string of the molecule is CCCC(CCC)n1ncc(-c2noc(-c3cccc(C(F)(F)F)c3)n2)c1-c1ccccc1. The third-order valence-corrected chi connectivity index (χ3v) is 5.54. The van der Waals surface area contributed by atoms with E-state index in [0.717, 1.165) is 49.1 Å². The third kappa shape index (κ3) is 4.84. The fraction of sp³-hybridized carbons (Fsp3) is 0.320. The average Bonchev–Trinajstić information content (AvgIpc) is 3.46. The van der Waals surface area contributed by atoms with Gasteiger partial charge in [0.2, 0.25) is 5.82 Å². The van der Waals surface area contributed by atoms with Crippen LogP contribution in [0.2, 0.25) is 0 Å². The van der Waals surface area contributed by atoms with E-state index >= 15 is 0 Å². The van der Waals surface area contributed by atoms with Crippen molar-refractivity contribution in [1.29, 1.82) is 0 Å². The predicted molar refractivity (Wildman–Crippen MR) is 120 cm³/mol. The number of hydrogen-bond acceptors (Lipinski definition) is 4. The first kappa shape index (κ1) is 22.8. The first-order chi connectivity index (χ1) is 15.9. The second kappa shape index (κ2) is 9.60. The van der Waals surface area contributed by atoms with Gasteiger partial charge < -0.3 is 4.52 Å². The van der Waals surface area contributed by atoms with Crippen molar-refractivity contribution in [3.8, 4) is 34.1 Å². The van der Waals surface area contributed by atoms with Gasteiger partial charge in [-0.2, -0.15) is 23.3 Å². The molecule has 2 heterocycles. The largest absolute Gasteiger partial charge is 0.416 e. The lowest BCUT2D eigenvalue weighted by molar-refractivity contribution is -0.137. The molecule has 0 aliphatic rings. The lowest BCUT2D eigenvalue weighted by Crippen LogP contribution is -2.12. The standard InChI is InChI=1S/C25H25F3N4O/c1-3-9-20(10-4-2)32-22(17-11-6-5-7-12-17)21(16-29-32)23-30-24(33-31-23)18-13-8-14-19(15-18)25(26,27)28/h5-8,11-16,20H,3-4,9-10H2,1-2H3. The molecule has 0 amide bonds. The van der Waals surface area contributed by atoms with Crippen molar-refractivity contribution in [1.82, 2.24) is 19.9 Å². The molecule has 0 bridgehead atoms. The van der Waals surface area contributed by atoms with Crippen LogP contribution in [0.15, 0.2) is 65.3 Å². The average molecular weight is 454 g/mol. The van der Waals surface area contributed by atoms with E-state index in [1.54, 1.807) is 6.20 Å². The van der Waals surface area contributed by atoms with Gasteiger partial charge in [0.05, 0.1) is 29.1 Å². The Bertz CT molecular complexity index is 1190. The van der Waals surface area contributed by atoms with Gasteiger partial charge in [-0.15, -0.1) is 0 Å². The Morgan fingerprint density at radius 2 is 1.64 bits per heavy atom. The summed E-state index contributed by atoms with van der Waals surface area (Å²) in [5.74, 6) is 0.320. The maximum Gasteiger partial charge on any atom is 0.416 e. The molecule has 0 radical (unpaired) electrons. The normalized spacial score (nSPS) is 11.9. The fourth-order valence-electron chi connectivity index (χ4n) is 4.02. The Morgan fingerprint density at radius 1 is 0.939 bits per heavy atom. The van der Waals surface area contributed by atoms with Crippen LogP contribution in [0.25, 0.3) is 34.1 Å². The molecule has 33 heavy (non-hydrogen) atoms. The van der Waals surface area contributed by atoms with Crippen LogP contribution in [0, 0.1) is 0 Å². The predicted octanol–water partition coefficient (Wildman–Crippen LogP) is 7.43. The van der Waals surface area contributed by atoms with Crippen LogP contribution >= 0.6 is 0 Å². The van der Waals surface area contributed by atoms with Gasteiger partial charge in [-0.05, 0) is 31.0 Å². The van der Waals surface area contributed by atoms with Gasteiger partial charge in [-0.25, -0.2) is 0 Å². The number of rotatable bonds is 8. The van der Waals surface area contributed by atoms with Gasteiger partial charge in [0.1, 0.15) is 0 Å². The molecule has 8 heteroatoms. The summed E-state index contributed by atoms with van der Waals surface area (Å²) in [5.41, 5.74) is 1.97. The Labute approximate surface area is 190 Å². The summed E-state index contributed by atoms with van der Waals surface area (Å²) >= 11 is 0. The Kier molecular flexibility index (Phi) is 6.62. The molecule has 0 saturated carbocycles. The second-order valence-electron chi connectivity index (χ2n) is 7.95. The topological polar surface area (TPSA) is 56.7 Å². The van der Waals surface area contributed by atoms with Crippen LogP contribution in [-0.4, -0.2) is 19.9 Å². The van der Waals surface area contributed by atoms with E-state index in [9.17, 15) is 13.2 Å². The van der Waals surface area contributed by atoms with Crippen molar-refractivity contribution < 1.29 is 17.7 Å². The molecule has 0 fully saturated rings. The zero-order valence-corrected chi connectivity index (χ0v) is 18.5. The van der Waals surface area contributed by atoms with Crippen molar-refractivity contribution in [2.45, 2.75) is 51.7 Å². The smallest absolute Gasteiger partial charge is 0.334 e. The number of alkyl halides is 3. The van der Waals surface area contributed by atoms with Crippen molar-refractivity contribution in [2.24, 2.45) is 0 Å². The van der Waals surface area contributed by atoms with Gasteiger partial charge in [0.25, 0.3) is 5.89 Å². The van der Waals surface area contributed by atoms with Gasteiger partial charge in [-0.1, -0.05) is 68.2 Å². The number of nitrogens with zero attached hydrogens (tertiary/aromatic N) is 4. The highest BCUT2D eigenvalue weighted by Crippen LogP contribution is 2.36. The van der Waals surface area contributed by atoms with Gasteiger partial charge >= 0.3 is 6.18 Å². The minimum absolute atomic E-state index is 0.0292. The summed E-state index contributed by atoms with van der Waals surface area (Å²) in [4.78, 5) is 4.43. The molecule has 4 rings (SSSR count). The van der Waals surface area contributed by atoms with Crippen LogP contribution < -0.4 is 0 Å². The lowest BCUT2D eigenvalue weighted by Gasteiger charge is -2.19. The van der Waals surface area contributed by atoms with Crippen molar-refractivity contribution >= 4 is 0 Å². The van der Waals surface area contributed by atoms with Crippen molar-refractivity contribution in [3.05, 3.63) is 66.4 Å². The number of hydrogen-bond donors (Lipinski definition) is 0. The summed E-state index contributed by atoms with van der Waals surface area (Å²) in [5, 5.41) is 8.77. The van der Waals surface area contributed by atoms with E-state index in [2.05, 4.69) is 29.1 Å². The third-order valence-electron chi connectivity index (χ3n) is 5.54. The van der Waals surface area contributed by atoms with Gasteiger partial charge in [0, 0.05) is 11.1 Å². The molecular formula is C25H25F3N4O. The molecule has 0 spiro atoms. The van der Waals surface area contributed by atoms with E-state index in [4.69, 9.17) is 4.52 Å². The first-order valence-electron chi connectivity index (χ1n) is 11.1. The van der Waals surface area contributed by atoms with Crippen molar-refractivity contribution in [2.75, 3.05) is 0 Å². The molecule has 0 atom stereocenters. The highest BCUT2D eigenvalue weighted by molar-refractivity contribution is 5.78. The summed E-state index contributed by atoms with van der Waals surface area (Å²) in [6.07, 6.45) is 1.27.